The lowest BCUT2D eigenvalue weighted by atomic mass is 10.1. The van der Waals surface area contributed by atoms with Crippen LogP contribution in [0.4, 0.5) is 0 Å². The second-order valence-electron chi connectivity index (χ2n) is 4.45. The third-order valence-electron chi connectivity index (χ3n) is 2.90. The molecule has 0 saturated carbocycles. The molecule has 2 atom stereocenters. The van der Waals surface area contributed by atoms with Crippen LogP contribution in [0, 0.1) is 0 Å². The molecule has 1 saturated heterocycles. The summed E-state index contributed by atoms with van der Waals surface area (Å²) in [7, 11) is 0. The predicted molar refractivity (Wildman–Crippen MR) is 70.9 cm³/mol. The van der Waals surface area contributed by atoms with Gasteiger partial charge < -0.3 is 10.6 Å². The summed E-state index contributed by atoms with van der Waals surface area (Å²) in [4.78, 5) is 11.4. The first-order valence-corrected chi connectivity index (χ1v) is 7.48. The van der Waals surface area contributed by atoms with Gasteiger partial charge in [0.1, 0.15) is 0 Å². The van der Waals surface area contributed by atoms with Crippen molar-refractivity contribution >= 4 is 17.7 Å². The van der Waals surface area contributed by atoms with Gasteiger partial charge in [0, 0.05) is 25.0 Å². The normalized spacial score (nSPS) is 23.6. The predicted octanol–water partition coefficient (Wildman–Crippen LogP) is 1.78. The van der Waals surface area contributed by atoms with Gasteiger partial charge in [0.25, 0.3) is 0 Å². The van der Waals surface area contributed by atoms with E-state index in [9.17, 15) is 4.79 Å². The van der Waals surface area contributed by atoms with E-state index in [-0.39, 0.29) is 5.91 Å². The van der Waals surface area contributed by atoms with Gasteiger partial charge in [-0.3, -0.25) is 4.79 Å². The van der Waals surface area contributed by atoms with Crippen molar-refractivity contribution in [2.75, 3.05) is 18.1 Å². The molecule has 3 nitrogen and oxygen atoms in total. The second-order valence-corrected chi connectivity index (χ2v) is 5.84. The van der Waals surface area contributed by atoms with Crippen LogP contribution in [-0.4, -0.2) is 36.0 Å². The third kappa shape index (κ3) is 5.75. The summed E-state index contributed by atoms with van der Waals surface area (Å²) in [6.07, 6.45) is 4.05. The van der Waals surface area contributed by atoms with Crippen LogP contribution in [0.5, 0.6) is 0 Å². The van der Waals surface area contributed by atoms with Crippen LogP contribution < -0.4 is 10.6 Å². The molecule has 1 fully saturated rings. The van der Waals surface area contributed by atoms with Gasteiger partial charge in [-0.25, -0.2) is 0 Å². The first-order chi connectivity index (χ1) is 7.72. The summed E-state index contributed by atoms with van der Waals surface area (Å²) in [6.45, 7) is 5.26. The number of hydrogen-bond acceptors (Lipinski definition) is 3. The molecule has 0 aliphatic carbocycles. The highest BCUT2D eigenvalue weighted by Gasteiger charge is 2.18. The summed E-state index contributed by atoms with van der Waals surface area (Å²) >= 11 is 1.98. The van der Waals surface area contributed by atoms with Gasteiger partial charge in [-0.2, -0.15) is 11.8 Å². The van der Waals surface area contributed by atoms with Crippen LogP contribution in [0.3, 0.4) is 0 Å². The minimum atomic E-state index is 0.199. The fourth-order valence-electron chi connectivity index (χ4n) is 2.01. The van der Waals surface area contributed by atoms with Crippen LogP contribution in [-0.2, 0) is 4.79 Å². The Labute approximate surface area is 103 Å². The molecule has 2 N–H and O–H groups in total. The first-order valence-electron chi connectivity index (χ1n) is 6.33. The van der Waals surface area contributed by atoms with E-state index in [0.29, 0.717) is 18.5 Å². The summed E-state index contributed by atoms with van der Waals surface area (Å²) < 4.78 is 0. The number of rotatable bonds is 6. The van der Waals surface area contributed by atoms with Crippen molar-refractivity contribution < 1.29 is 4.79 Å². The molecule has 0 bridgehead atoms. The van der Waals surface area contributed by atoms with Crippen molar-refractivity contribution in [3.8, 4) is 0 Å². The summed E-state index contributed by atoms with van der Waals surface area (Å²) in [5.74, 6) is 2.60. The highest BCUT2D eigenvalue weighted by atomic mass is 32.2. The minimum absolute atomic E-state index is 0.199. The van der Waals surface area contributed by atoms with E-state index in [1.165, 1.54) is 17.9 Å². The molecule has 0 aromatic carbocycles. The van der Waals surface area contributed by atoms with Gasteiger partial charge in [0.15, 0.2) is 0 Å². The van der Waals surface area contributed by atoms with Gasteiger partial charge in [0.05, 0.1) is 0 Å². The molecule has 1 aliphatic rings. The molecule has 1 amide bonds. The molecule has 4 heteroatoms. The Balaban J connectivity index is 2.20. The maximum absolute atomic E-state index is 11.4. The average molecular weight is 244 g/mol. The standard InChI is InChI=1S/C12H24N2OS/c1-3-16-8-6-10(2)14-11-5-4-7-13-12(15)9-11/h10-11,14H,3-9H2,1-2H3,(H,13,15). The lowest BCUT2D eigenvalue weighted by Crippen LogP contribution is -2.38. The van der Waals surface area contributed by atoms with Crippen LogP contribution >= 0.6 is 11.8 Å². The molecule has 2 unspecified atom stereocenters. The summed E-state index contributed by atoms with van der Waals surface area (Å²) in [5, 5.41) is 6.49. The van der Waals surface area contributed by atoms with Gasteiger partial charge >= 0.3 is 0 Å². The Hall–Kier alpha value is -0.220. The quantitative estimate of drug-likeness (QED) is 0.700. The lowest BCUT2D eigenvalue weighted by molar-refractivity contribution is -0.121. The fourth-order valence-corrected chi connectivity index (χ4v) is 2.82. The molecule has 0 aromatic heterocycles. The van der Waals surface area contributed by atoms with E-state index in [1.54, 1.807) is 0 Å². The molecule has 1 aliphatic heterocycles. The van der Waals surface area contributed by atoms with Crippen molar-refractivity contribution in [3.63, 3.8) is 0 Å². The van der Waals surface area contributed by atoms with Crippen LogP contribution in [0.1, 0.15) is 39.5 Å². The van der Waals surface area contributed by atoms with Gasteiger partial charge in [-0.15, -0.1) is 0 Å². The molecule has 94 valence electrons. The zero-order chi connectivity index (χ0) is 11.8. The smallest absolute Gasteiger partial charge is 0.221 e. The van der Waals surface area contributed by atoms with E-state index in [4.69, 9.17) is 0 Å². The third-order valence-corrected chi connectivity index (χ3v) is 3.84. The minimum Gasteiger partial charge on any atom is -0.356 e. The molecule has 0 aromatic rings. The molecule has 0 radical (unpaired) electrons. The van der Waals surface area contributed by atoms with E-state index >= 15 is 0 Å². The number of amides is 1. The maximum Gasteiger partial charge on any atom is 0.221 e. The zero-order valence-corrected chi connectivity index (χ0v) is 11.2. The number of carbonyl (C=O) groups is 1. The van der Waals surface area contributed by atoms with Gasteiger partial charge in [0.2, 0.25) is 5.91 Å². The van der Waals surface area contributed by atoms with Crippen molar-refractivity contribution in [2.45, 2.75) is 51.6 Å². The fraction of sp³-hybridized carbons (Fsp3) is 0.917. The highest BCUT2D eigenvalue weighted by Crippen LogP contribution is 2.09. The molecule has 1 heterocycles. The van der Waals surface area contributed by atoms with Crippen LogP contribution in [0.2, 0.25) is 0 Å². The average Bonchev–Trinajstić information content (AvgIpc) is 2.43. The summed E-state index contributed by atoms with van der Waals surface area (Å²) in [5.41, 5.74) is 0. The number of hydrogen-bond donors (Lipinski definition) is 2. The zero-order valence-electron chi connectivity index (χ0n) is 10.4. The maximum atomic E-state index is 11.4. The summed E-state index contributed by atoms with van der Waals surface area (Å²) in [6, 6.07) is 0.902. The highest BCUT2D eigenvalue weighted by molar-refractivity contribution is 7.99. The van der Waals surface area contributed by atoms with Crippen molar-refractivity contribution in [1.82, 2.24) is 10.6 Å². The monoisotopic (exact) mass is 244 g/mol. The van der Waals surface area contributed by atoms with E-state index < -0.39 is 0 Å². The van der Waals surface area contributed by atoms with Crippen LogP contribution in [0.15, 0.2) is 0 Å². The van der Waals surface area contributed by atoms with E-state index in [1.807, 2.05) is 11.8 Å². The SMILES string of the molecule is CCSCCC(C)NC1CCCNC(=O)C1. The molecule has 0 spiro atoms. The number of thioether (sulfide) groups is 1. The Morgan fingerprint density at radius 1 is 1.62 bits per heavy atom. The molecular weight excluding hydrogens is 220 g/mol. The van der Waals surface area contributed by atoms with Gasteiger partial charge in [-0.1, -0.05) is 6.92 Å². The molecule has 1 rings (SSSR count). The Morgan fingerprint density at radius 2 is 2.44 bits per heavy atom. The first kappa shape index (κ1) is 13.8. The van der Waals surface area contributed by atoms with Crippen molar-refractivity contribution in [2.24, 2.45) is 0 Å². The number of nitrogens with one attached hydrogen (secondary N) is 2. The largest absolute Gasteiger partial charge is 0.356 e. The van der Waals surface area contributed by atoms with Crippen molar-refractivity contribution in [3.05, 3.63) is 0 Å². The topological polar surface area (TPSA) is 41.1 Å². The Morgan fingerprint density at radius 3 is 3.19 bits per heavy atom. The van der Waals surface area contributed by atoms with Gasteiger partial charge in [-0.05, 0) is 37.7 Å². The lowest BCUT2D eigenvalue weighted by Gasteiger charge is -2.21. The Kier molecular flexibility index (Phi) is 6.88. The van der Waals surface area contributed by atoms with E-state index in [0.717, 1.165) is 19.4 Å². The molecular formula is C12H24N2OS. The second kappa shape index (κ2) is 7.96. The van der Waals surface area contributed by atoms with E-state index in [2.05, 4.69) is 24.5 Å². The Bertz CT molecular complexity index is 211. The van der Waals surface area contributed by atoms with Crippen LogP contribution in [0.25, 0.3) is 0 Å². The van der Waals surface area contributed by atoms with Crippen molar-refractivity contribution in [1.29, 1.82) is 0 Å². The number of carbonyl (C=O) groups excluding carboxylic acids is 1. The molecule has 16 heavy (non-hydrogen) atoms.